The highest BCUT2D eigenvalue weighted by molar-refractivity contribution is 6.30. The van der Waals surface area contributed by atoms with Gasteiger partial charge in [0.25, 0.3) is 6.02 Å². The number of aromatic nitrogens is 1. The Bertz CT molecular complexity index is 1120. The van der Waals surface area contributed by atoms with E-state index in [4.69, 9.17) is 22.1 Å². The fraction of sp³-hybridized carbons (Fsp3) is 0.182. The molecular weight excluding hydrogens is 412 g/mol. The van der Waals surface area contributed by atoms with Crippen LogP contribution in [0.4, 0.5) is 8.78 Å². The van der Waals surface area contributed by atoms with Crippen LogP contribution >= 0.6 is 11.6 Å². The van der Waals surface area contributed by atoms with E-state index in [-0.39, 0.29) is 18.4 Å². The number of ether oxygens (including phenoxy) is 2. The van der Waals surface area contributed by atoms with Gasteiger partial charge in [-0.3, -0.25) is 4.98 Å². The van der Waals surface area contributed by atoms with Gasteiger partial charge in [0.15, 0.2) is 5.54 Å². The Morgan fingerprint density at radius 3 is 2.57 bits per heavy atom. The van der Waals surface area contributed by atoms with Crippen molar-refractivity contribution in [2.75, 3.05) is 6.61 Å². The standard InChI is InChI=1S/C22H18ClF2N3O2/c1-13-7-17(5-6-19(13)30-20(24)25)22(12-29-21(26)28-22)16-4-2-3-14(8-16)15-9-18(23)11-27-10-15/h2-11,20H,12H2,1H3,(H2,26,28)/t22-/m1/s1. The van der Waals surface area contributed by atoms with Crippen LogP contribution in [0.2, 0.25) is 5.02 Å². The van der Waals surface area contributed by atoms with Gasteiger partial charge in [0.1, 0.15) is 12.4 Å². The van der Waals surface area contributed by atoms with Gasteiger partial charge in [0.2, 0.25) is 0 Å². The van der Waals surface area contributed by atoms with Crippen molar-refractivity contribution in [1.29, 1.82) is 0 Å². The lowest BCUT2D eigenvalue weighted by Gasteiger charge is -2.26. The number of aliphatic imine (C=N–C) groups is 1. The summed E-state index contributed by atoms with van der Waals surface area (Å²) in [6.45, 7) is -1.01. The Balaban J connectivity index is 1.81. The first-order valence-corrected chi connectivity index (χ1v) is 9.51. The van der Waals surface area contributed by atoms with Gasteiger partial charge in [0.05, 0.1) is 5.02 Å². The van der Waals surface area contributed by atoms with Gasteiger partial charge >= 0.3 is 6.61 Å². The van der Waals surface area contributed by atoms with Gasteiger partial charge < -0.3 is 15.2 Å². The van der Waals surface area contributed by atoms with Gasteiger partial charge in [0, 0.05) is 18.0 Å². The maximum Gasteiger partial charge on any atom is 0.387 e. The van der Waals surface area contributed by atoms with Crippen molar-refractivity contribution in [2.45, 2.75) is 19.1 Å². The molecule has 0 spiro atoms. The Hall–Kier alpha value is -3.19. The van der Waals surface area contributed by atoms with Crippen molar-refractivity contribution in [3.63, 3.8) is 0 Å². The molecule has 1 aromatic heterocycles. The molecule has 1 aliphatic rings. The molecule has 0 aliphatic carbocycles. The second-order valence-corrected chi connectivity index (χ2v) is 7.37. The molecule has 154 valence electrons. The van der Waals surface area contributed by atoms with Gasteiger partial charge in [-0.25, -0.2) is 4.99 Å². The van der Waals surface area contributed by atoms with E-state index < -0.39 is 12.2 Å². The van der Waals surface area contributed by atoms with Crippen LogP contribution in [0, 0.1) is 6.92 Å². The first-order chi connectivity index (χ1) is 14.4. The van der Waals surface area contributed by atoms with Crippen LogP contribution in [0.25, 0.3) is 11.1 Å². The third-order valence-corrected chi connectivity index (χ3v) is 5.18. The zero-order valence-electron chi connectivity index (χ0n) is 16.0. The zero-order valence-corrected chi connectivity index (χ0v) is 16.7. The predicted octanol–water partition coefficient (Wildman–Crippen LogP) is 4.90. The highest BCUT2D eigenvalue weighted by atomic mass is 35.5. The molecule has 2 aromatic carbocycles. The van der Waals surface area contributed by atoms with Crippen molar-refractivity contribution >= 4 is 17.6 Å². The molecule has 4 rings (SSSR count). The highest BCUT2D eigenvalue weighted by Gasteiger charge is 2.40. The molecule has 2 N–H and O–H groups in total. The first-order valence-electron chi connectivity index (χ1n) is 9.13. The molecule has 0 amide bonds. The molecule has 0 saturated carbocycles. The van der Waals surface area contributed by atoms with E-state index in [1.54, 1.807) is 31.5 Å². The summed E-state index contributed by atoms with van der Waals surface area (Å²) in [5.41, 5.74) is 8.85. The van der Waals surface area contributed by atoms with Gasteiger partial charge in [-0.2, -0.15) is 8.78 Å². The summed E-state index contributed by atoms with van der Waals surface area (Å²) in [5, 5.41) is 0.532. The van der Waals surface area contributed by atoms with Crippen LogP contribution in [0.15, 0.2) is 65.9 Å². The minimum atomic E-state index is -2.89. The average molecular weight is 430 g/mol. The van der Waals surface area contributed by atoms with Crippen LogP contribution in [-0.4, -0.2) is 24.2 Å². The fourth-order valence-corrected chi connectivity index (χ4v) is 3.73. The Labute approximate surface area is 177 Å². The second kappa shape index (κ2) is 7.91. The molecule has 8 heteroatoms. The van der Waals surface area contributed by atoms with Crippen LogP contribution in [0.5, 0.6) is 5.75 Å². The molecular formula is C22H18ClF2N3O2. The van der Waals surface area contributed by atoms with Crippen molar-refractivity contribution in [3.8, 4) is 16.9 Å². The lowest BCUT2D eigenvalue weighted by atomic mass is 9.82. The summed E-state index contributed by atoms with van der Waals surface area (Å²) >= 11 is 6.09. The SMILES string of the molecule is Cc1cc([C@]2(c3cccc(-c4cncc(Cl)c4)c3)COC(N)=N2)ccc1OC(F)F. The molecule has 0 bridgehead atoms. The van der Waals surface area contributed by atoms with E-state index >= 15 is 0 Å². The van der Waals surface area contributed by atoms with Crippen molar-refractivity contribution in [3.05, 3.63) is 82.6 Å². The van der Waals surface area contributed by atoms with Crippen molar-refractivity contribution < 1.29 is 18.3 Å². The summed E-state index contributed by atoms with van der Waals surface area (Å²) in [6.07, 6.45) is 3.29. The number of halogens is 3. The Morgan fingerprint density at radius 1 is 1.10 bits per heavy atom. The van der Waals surface area contributed by atoms with Crippen molar-refractivity contribution in [2.24, 2.45) is 10.7 Å². The van der Waals surface area contributed by atoms with Gasteiger partial charge in [-0.1, -0.05) is 35.9 Å². The molecule has 0 unspecified atom stereocenters. The van der Waals surface area contributed by atoms with Crippen LogP contribution in [-0.2, 0) is 10.3 Å². The molecule has 0 fully saturated rings. The molecule has 30 heavy (non-hydrogen) atoms. The number of aryl methyl sites for hydroxylation is 1. The number of amidine groups is 1. The monoisotopic (exact) mass is 429 g/mol. The number of alkyl halides is 2. The summed E-state index contributed by atoms with van der Waals surface area (Å²) in [7, 11) is 0. The van der Waals surface area contributed by atoms with E-state index in [0.29, 0.717) is 10.6 Å². The molecule has 3 aromatic rings. The largest absolute Gasteiger partial charge is 0.462 e. The number of nitrogens with two attached hydrogens (primary N) is 1. The van der Waals surface area contributed by atoms with Gasteiger partial charge in [-0.15, -0.1) is 0 Å². The number of hydrogen-bond acceptors (Lipinski definition) is 5. The van der Waals surface area contributed by atoms with Crippen LogP contribution in [0.1, 0.15) is 16.7 Å². The van der Waals surface area contributed by atoms with Gasteiger partial charge in [-0.05, 0) is 53.4 Å². The smallest absolute Gasteiger partial charge is 0.387 e. The van der Waals surface area contributed by atoms with E-state index in [2.05, 4.69) is 14.7 Å². The average Bonchev–Trinajstić information content (AvgIpc) is 3.12. The maximum absolute atomic E-state index is 12.6. The molecule has 1 atom stereocenters. The quantitative estimate of drug-likeness (QED) is 0.626. The third kappa shape index (κ3) is 3.80. The van der Waals surface area contributed by atoms with E-state index in [9.17, 15) is 8.78 Å². The van der Waals surface area contributed by atoms with Crippen LogP contribution < -0.4 is 10.5 Å². The van der Waals surface area contributed by atoms with E-state index in [1.807, 2.05) is 30.3 Å². The molecule has 1 aliphatic heterocycles. The van der Waals surface area contributed by atoms with E-state index in [1.165, 1.54) is 6.07 Å². The van der Waals surface area contributed by atoms with E-state index in [0.717, 1.165) is 22.3 Å². The predicted molar refractivity (Wildman–Crippen MR) is 111 cm³/mol. The normalized spacial score (nSPS) is 18.2. The minimum Gasteiger partial charge on any atom is -0.462 e. The summed E-state index contributed by atoms with van der Waals surface area (Å²) in [4.78, 5) is 8.73. The minimum absolute atomic E-state index is 0.0652. The Morgan fingerprint density at radius 2 is 1.90 bits per heavy atom. The molecule has 0 radical (unpaired) electrons. The van der Waals surface area contributed by atoms with Crippen molar-refractivity contribution in [1.82, 2.24) is 4.98 Å². The topological polar surface area (TPSA) is 69.7 Å². The number of pyridine rings is 1. The highest BCUT2D eigenvalue weighted by Crippen LogP contribution is 2.40. The summed E-state index contributed by atoms with van der Waals surface area (Å²) < 4.78 is 35.4. The second-order valence-electron chi connectivity index (χ2n) is 6.93. The first kappa shape index (κ1) is 20.1. The number of nitrogens with zero attached hydrogens (tertiary/aromatic N) is 2. The lowest BCUT2D eigenvalue weighted by molar-refractivity contribution is -0.0503. The van der Waals surface area contributed by atoms with Crippen LogP contribution in [0.3, 0.4) is 0 Å². The fourth-order valence-electron chi connectivity index (χ4n) is 3.55. The lowest BCUT2D eigenvalue weighted by Crippen LogP contribution is -2.27. The molecule has 0 saturated heterocycles. The maximum atomic E-state index is 12.6. The molecule has 2 heterocycles. The summed E-state index contributed by atoms with van der Waals surface area (Å²) in [6, 6.07) is 14.6. The number of hydrogen-bond donors (Lipinski definition) is 1. The zero-order chi connectivity index (χ0) is 21.3. The Kier molecular flexibility index (Phi) is 5.30. The summed E-state index contributed by atoms with van der Waals surface area (Å²) in [5.74, 6) is 0.110. The number of rotatable bonds is 5. The number of benzene rings is 2. The third-order valence-electron chi connectivity index (χ3n) is 4.98. The molecule has 5 nitrogen and oxygen atoms in total.